The normalized spacial score (nSPS) is 21.6. The molecule has 334 valence electrons. The van der Waals surface area contributed by atoms with Crippen LogP contribution < -0.4 is 0 Å². The molecule has 3 N–H and O–H groups in total. The van der Waals surface area contributed by atoms with Crippen molar-refractivity contribution in [2.24, 2.45) is 17.3 Å². The van der Waals surface area contributed by atoms with E-state index in [0.717, 1.165) is 6.92 Å². The summed E-state index contributed by atoms with van der Waals surface area (Å²) in [4.78, 5) is 12.2. The first-order chi connectivity index (χ1) is 25.0. The smallest absolute Gasteiger partial charge is 0.430 e. The number of aliphatic hydroxyl groups is 3. The van der Waals surface area contributed by atoms with Crippen LogP contribution in [-0.4, -0.2) is 81.8 Å². The van der Waals surface area contributed by atoms with Gasteiger partial charge in [0.2, 0.25) is 0 Å². The van der Waals surface area contributed by atoms with Gasteiger partial charge >= 0.3 is 49.2 Å². The van der Waals surface area contributed by atoms with Gasteiger partial charge in [0.15, 0.2) is 5.41 Å². The maximum absolute atomic E-state index is 13.3. The summed E-state index contributed by atoms with van der Waals surface area (Å²) in [6.45, 7) is 4.55. The van der Waals surface area contributed by atoms with Crippen LogP contribution in [0.2, 0.25) is 0 Å². The van der Waals surface area contributed by atoms with Gasteiger partial charge in [0, 0.05) is 17.4 Å². The molecule has 4 unspecified atom stereocenters. The van der Waals surface area contributed by atoms with Crippen molar-refractivity contribution in [3.8, 4) is 0 Å². The van der Waals surface area contributed by atoms with Crippen molar-refractivity contribution in [2.75, 3.05) is 0 Å². The van der Waals surface area contributed by atoms with Crippen LogP contribution in [-0.2, 0) is 15.1 Å². The molecule has 5 nitrogen and oxygen atoms in total. The van der Waals surface area contributed by atoms with Crippen LogP contribution in [0.5, 0.6) is 0 Å². The van der Waals surface area contributed by atoms with Gasteiger partial charge < -0.3 is 20.1 Å². The summed E-state index contributed by atoms with van der Waals surface area (Å²) in [5.74, 6) is -9.75. The van der Waals surface area contributed by atoms with E-state index in [-0.39, 0.29) is 12.8 Å². The molecule has 0 spiro atoms. The van der Waals surface area contributed by atoms with E-state index < -0.39 is 121 Å². The Hall–Kier alpha value is -2.90. The molecule has 0 radical (unpaired) electrons. The molecule has 0 heterocycles. The number of carbonyl (C=O) groups is 1. The molecule has 1 aromatic rings. The van der Waals surface area contributed by atoms with Crippen molar-refractivity contribution in [1.82, 2.24) is 0 Å². The van der Waals surface area contributed by atoms with E-state index >= 15 is 0 Å². The number of halogens is 21. The zero-order valence-corrected chi connectivity index (χ0v) is 29.2. The first-order valence-electron chi connectivity index (χ1n) is 15.9. The third kappa shape index (κ3) is 9.77. The van der Waals surface area contributed by atoms with Gasteiger partial charge in [-0.25, -0.2) is 0 Å². The summed E-state index contributed by atoms with van der Waals surface area (Å²) >= 11 is 0. The minimum absolute atomic E-state index is 0.00826. The van der Waals surface area contributed by atoms with E-state index in [2.05, 4.69) is 4.74 Å². The number of rotatable bonds is 8. The quantitative estimate of drug-likeness (QED) is 0.179. The number of ether oxygens (including phenoxy) is 1. The molecular formula is C31H33F21O5. The summed E-state index contributed by atoms with van der Waals surface area (Å²) in [5.41, 5.74) is -21.0. The highest BCUT2D eigenvalue weighted by Gasteiger charge is 2.79. The van der Waals surface area contributed by atoms with Gasteiger partial charge in [-0.2, -0.15) is 92.2 Å². The van der Waals surface area contributed by atoms with Crippen LogP contribution in [0.25, 0.3) is 0 Å². The molecule has 0 amide bonds. The second-order valence-electron chi connectivity index (χ2n) is 13.5. The van der Waals surface area contributed by atoms with Crippen LogP contribution in [0.3, 0.4) is 0 Å². The Morgan fingerprint density at radius 1 is 0.596 bits per heavy atom. The van der Waals surface area contributed by atoms with Gasteiger partial charge in [0.05, 0.1) is 0 Å². The lowest BCUT2D eigenvalue weighted by atomic mass is 9.65. The van der Waals surface area contributed by atoms with Gasteiger partial charge in [-0.05, 0) is 50.5 Å². The van der Waals surface area contributed by atoms with E-state index in [9.17, 15) is 112 Å². The molecule has 0 aliphatic heterocycles. The highest BCUT2D eigenvalue weighted by atomic mass is 19.4. The lowest BCUT2D eigenvalue weighted by Crippen LogP contribution is -2.67. The summed E-state index contributed by atoms with van der Waals surface area (Å²) in [5, 5.41) is 28.3. The Labute approximate surface area is 308 Å². The monoisotopic (exact) mass is 884 g/mol. The Bertz CT molecular complexity index is 1400. The van der Waals surface area contributed by atoms with E-state index in [4.69, 9.17) is 0 Å². The molecule has 1 fully saturated rings. The van der Waals surface area contributed by atoms with Crippen molar-refractivity contribution in [3.05, 3.63) is 35.4 Å². The van der Waals surface area contributed by atoms with Crippen LogP contribution in [0.4, 0.5) is 92.2 Å². The van der Waals surface area contributed by atoms with Gasteiger partial charge in [0.25, 0.3) is 16.8 Å². The van der Waals surface area contributed by atoms with Gasteiger partial charge in [-0.3, -0.25) is 4.79 Å². The molecule has 1 aromatic carbocycles. The van der Waals surface area contributed by atoms with Crippen LogP contribution in [0.1, 0.15) is 76.8 Å². The molecule has 1 aliphatic rings. The van der Waals surface area contributed by atoms with Crippen molar-refractivity contribution in [1.29, 1.82) is 0 Å². The molecule has 57 heavy (non-hydrogen) atoms. The maximum atomic E-state index is 13.3. The standard InChI is InChI=1S/C18H19F15O4.C13H14F6O/c1-3-11(2,14(19,20)21)10(34)37-9-5-7(12(35,15(22,23)24)16(25,26)27)4-8(6-9)13(36,17(28,29)30)18(31,32)33;1-3-8(2)9-4-6-10(7-5-9)11(20,12(14,15)16)13(17,18)19/h7-9,35-36H,3-6H2,1-2H3;4-8,20H,3H2,1-2H3. The molecule has 4 atom stereocenters. The lowest BCUT2D eigenvalue weighted by molar-refractivity contribution is -0.405. The van der Waals surface area contributed by atoms with E-state index in [0.29, 0.717) is 24.1 Å². The second kappa shape index (κ2) is 16.3. The molecule has 0 bridgehead atoms. The largest absolute Gasteiger partial charge is 0.462 e. The maximum Gasteiger partial charge on any atom is 0.430 e. The van der Waals surface area contributed by atoms with Crippen LogP contribution >= 0.6 is 0 Å². The Balaban J connectivity index is 0.000000681. The number of carbonyl (C=O) groups excluding carboxylic acids is 1. The molecule has 0 saturated heterocycles. The van der Waals surface area contributed by atoms with Crippen molar-refractivity contribution in [3.63, 3.8) is 0 Å². The predicted octanol–water partition coefficient (Wildman–Crippen LogP) is 10.5. The minimum atomic E-state index is -6.77. The first kappa shape index (κ1) is 52.1. The molecule has 0 aromatic heterocycles. The van der Waals surface area contributed by atoms with Crippen molar-refractivity contribution >= 4 is 5.97 Å². The number of esters is 1. The summed E-state index contributed by atoms with van der Waals surface area (Å²) in [6, 6.07) is 3.68. The highest BCUT2D eigenvalue weighted by molar-refractivity contribution is 5.77. The highest BCUT2D eigenvalue weighted by Crippen LogP contribution is 2.58. The third-order valence-corrected chi connectivity index (χ3v) is 9.96. The third-order valence-electron chi connectivity index (χ3n) is 9.96. The SMILES string of the molecule is CCC(C)(C(=O)OC1CC(C(O)(C(F)(F)F)C(F)(F)F)CC(C(O)(C(F)(F)F)C(F)(F)F)C1)C(F)(F)F.CCC(C)c1ccc(C(O)(C(F)(F)F)C(F)(F)F)cc1. The predicted molar refractivity (Wildman–Crippen MR) is 150 cm³/mol. The fourth-order valence-electron chi connectivity index (χ4n) is 5.81. The average molecular weight is 885 g/mol. The van der Waals surface area contributed by atoms with Gasteiger partial charge in [0.1, 0.15) is 6.10 Å². The molecule has 26 heteroatoms. The minimum Gasteiger partial charge on any atom is -0.462 e. The Morgan fingerprint density at radius 2 is 0.930 bits per heavy atom. The van der Waals surface area contributed by atoms with Gasteiger partial charge in [-0.1, -0.05) is 45.0 Å². The second-order valence-corrected chi connectivity index (χ2v) is 13.5. The zero-order valence-electron chi connectivity index (χ0n) is 29.2. The van der Waals surface area contributed by atoms with E-state index in [1.165, 1.54) is 12.1 Å². The number of benzene rings is 1. The number of alkyl halides is 21. The fourth-order valence-corrected chi connectivity index (χ4v) is 5.81. The Morgan fingerprint density at radius 3 is 1.18 bits per heavy atom. The Kier molecular flexibility index (Phi) is 14.9. The summed E-state index contributed by atoms with van der Waals surface area (Å²) in [6.07, 6.45) is -53.9. The molecular weight excluding hydrogens is 851 g/mol. The van der Waals surface area contributed by atoms with Crippen molar-refractivity contribution in [2.45, 2.75) is 132 Å². The molecule has 1 saturated carbocycles. The summed E-state index contributed by atoms with van der Waals surface area (Å²) in [7, 11) is 0. The first-order valence-corrected chi connectivity index (χ1v) is 15.9. The van der Waals surface area contributed by atoms with Crippen molar-refractivity contribution < 1.29 is 117 Å². The van der Waals surface area contributed by atoms with Crippen LogP contribution in [0, 0.1) is 17.3 Å². The fraction of sp³-hybridized carbons (Fsp3) is 0.774. The molecule has 2 rings (SSSR count). The van der Waals surface area contributed by atoms with Crippen LogP contribution in [0.15, 0.2) is 24.3 Å². The molecule has 1 aliphatic carbocycles. The van der Waals surface area contributed by atoms with E-state index in [1.54, 1.807) is 6.92 Å². The number of hydrogen-bond donors (Lipinski definition) is 3. The zero-order chi connectivity index (χ0) is 45.6. The van der Waals surface area contributed by atoms with Gasteiger partial charge in [-0.15, -0.1) is 0 Å². The average Bonchev–Trinajstić information content (AvgIpc) is 3.02. The lowest BCUT2D eigenvalue weighted by Gasteiger charge is -2.48. The topological polar surface area (TPSA) is 87.0 Å². The summed E-state index contributed by atoms with van der Waals surface area (Å²) < 4.78 is 280. The number of hydrogen-bond acceptors (Lipinski definition) is 5. The van der Waals surface area contributed by atoms with E-state index in [1.807, 2.05) is 6.92 Å².